The summed E-state index contributed by atoms with van der Waals surface area (Å²) in [6.45, 7) is 18.7. The highest BCUT2D eigenvalue weighted by Crippen LogP contribution is 2.31. The minimum Gasteiger partial charge on any atom is -0.444 e. The van der Waals surface area contributed by atoms with Gasteiger partial charge in [-0.25, -0.2) is 4.79 Å². The van der Waals surface area contributed by atoms with Crippen molar-refractivity contribution >= 4 is 35.2 Å². The predicted octanol–water partition coefficient (Wildman–Crippen LogP) is 6.90. The number of alkyl carbamates (subject to hydrolysis) is 1. The van der Waals surface area contributed by atoms with Crippen LogP contribution in [0, 0.1) is 26.7 Å². The molecule has 2 aromatic carbocycles. The Hall–Kier alpha value is -3.32. The van der Waals surface area contributed by atoms with Crippen molar-refractivity contribution in [3.63, 3.8) is 0 Å². The van der Waals surface area contributed by atoms with Crippen molar-refractivity contribution < 1.29 is 19.1 Å². The molecule has 2 rings (SSSR count). The van der Waals surface area contributed by atoms with Gasteiger partial charge in [0.2, 0.25) is 5.91 Å². The number of para-hydroxylation sites is 1. The average molecular weight is 556 g/mol. The summed E-state index contributed by atoms with van der Waals surface area (Å²) in [7, 11) is 0. The highest BCUT2D eigenvalue weighted by atomic mass is 35.5. The van der Waals surface area contributed by atoms with Crippen LogP contribution in [0.1, 0.15) is 69.3 Å². The fraction of sp³-hybridized carbons (Fsp3) is 0.452. The molecule has 3 atom stereocenters. The normalized spacial score (nSPS) is 13.6. The second-order valence-corrected chi connectivity index (χ2v) is 11.4. The van der Waals surface area contributed by atoms with Gasteiger partial charge < -0.3 is 20.3 Å². The summed E-state index contributed by atoms with van der Waals surface area (Å²) in [5, 5.41) is 6.11. The molecular weight excluding hydrogens is 514 g/mol. The van der Waals surface area contributed by atoms with Crippen LogP contribution < -0.4 is 10.6 Å². The maximum atomic E-state index is 14.2. The van der Waals surface area contributed by atoms with Gasteiger partial charge in [-0.05, 0) is 64.7 Å². The number of rotatable bonds is 10. The number of nitrogens with one attached hydrogen (secondary N) is 2. The third kappa shape index (κ3) is 8.85. The number of carbonyl (C=O) groups is 3. The van der Waals surface area contributed by atoms with E-state index in [-0.39, 0.29) is 12.5 Å². The number of aryl methyl sites for hydroxylation is 3. The quantitative estimate of drug-likeness (QED) is 0.312. The summed E-state index contributed by atoms with van der Waals surface area (Å²) >= 11 is 6.43. The fourth-order valence-electron chi connectivity index (χ4n) is 4.38. The van der Waals surface area contributed by atoms with E-state index >= 15 is 0 Å². The van der Waals surface area contributed by atoms with Crippen LogP contribution >= 0.6 is 11.6 Å². The molecule has 0 saturated heterocycles. The van der Waals surface area contributed by atoms with Crippen LogP contribution in [0.2, 0.25) is 5.02 Å². The van der Waals surface area contributed by atoms with Crippen LogP contribution in [0.3, 0.4) is 0 Å². The van der Waals surface area contributed by atoms with Crippen molar-refractivity contribution in [3.8, 4) is 0 Å². The first-order valence-electron chi connectivity index (χ1n) is 13.2. The third-order valence-electron chi connectivity index (χ3n) is 6.35. The molecule has 0 heterocycles. The molecule has 0 fully saturated rings. The minimum absolute atomic E-state index is 0.0777. The van der Waals surface area contributed by atoms with Gasteiger partial charge in [0.05, 0.1) is 10.7 Å². The summed E-state index contributed by atoms with van der Waals surface area (Å²) in [6.07, 6.45) is 1.50. The number of ether oxygens (including phenoxy) is 1. The molecular formula is C31H42ClN3O4. The number of nitrogens with zero attached hydrogens (tertiary/aromatic N) is 1. The van der Waals surface area contributed by atoms with Crippen LogP contribution in [0.15, 0.2) is 49.1 Å². The molecule has 0 radical (unpaired) electrons. The van der Waals surface area contributed by atoms with Crippen LogP contribution in [-0.2, 0) is 14.3 Å². The largest absolute Gasteiger partial charge is 0.444 e. The SMILES string of the molecule is C=CCN(C(=O)C(NC(=O)OC(C)(C)C)C(C)CC)C(C(=O)Nc1c(C)cccc1Cl)c1cc(C)cc(C)c1. The topological polar surface area (TPSA) is 87.7 Å². The van der Waals surface area contributed by atoms with Crippen LogP contribution in [0.5, 0.6) is 0 Å². The first-order chi connectivity index (χ1) is 18.2. The Balaban J connectivity index is 2.62. The van der Waals surface area contributed by atoms with E-state index in [2.05, 4.69) is 17.2 Å². The van der Waals surface area contributed by atoms with E-state index < -0.39 is 35.6 Å². The minimum atomic E-state index is -1.02. The molecule has 0 aliphatic carbocycles. The number of carbonyl (C=O) groups excluding carboxylic acids is 3. The van der Waals surface area contributed by atoms with Crippen molar-refractivity contribution in [2.75, 3.05) is 11.9 Å². The number of amides is 3. The Morgan fingerprint density at radius 1 is 1.10 bits per heavy atom. The van der Waals surface area contributed by atoms with Gasteiger partial charge in [-0.2, -0.15) is 0 Å². The number of hydrogen-bond acceptors (Lipinski definition) is 4. The molecule has 0 aliphatic heterocycles. The van der Waals surface area contributed by atoms with Gasteiger partial charge in [0.15, 0.2) is 0 Å². The van der Waals surface area contributed by atoms with Gasteiger partial charge in [0.1, 0.15) is 17.7 Å². The van der Waals surface area contributed by atoms with E-state index in [1.807, 2.05) is 58.9 Å². The molecule has 0 aliphatic rings. The molecule has 0 spiro atoms. The second kappa shape index (κ2) is 13.7. The molecule has 3 amide bonds. The molecule has 2 aromatic rings. The number of halogens is 1. The first-order valence-corrected chi connectivity index (χ1v) is 13.6. The van der Waals surface area contributed by atoms with Crippen LogP contribution in [0.4, 0.5) is 10.5 Å². The molecule has 0 bridgehead atoms. The zero-order valence-electron chi connectivity index (χ0n) is 24.4. The summed E-state index contributed by atoms with van der Waals surface area (Å²) in [5.41, 5.74) is 3.09. The zero-order chi connectivity index (χ0) is 29.5. The summed E-state index contributed by atoms with van der Waals surface area (Å²) in [4.78, 5) is 42.4. The zero-order valence-corrected chi connectivity index (χ0v) is 25.1. The molecule has 8 heteroatoms. The number of benzene rings is 2. The van der Waals surface area contributed by atoms with Gasteiger partial charge >= 0.3 is 6.09 Å². The van der Waals surface area contributed by atoms with Crippen LogP contribution in [-0.4, -0.2) is 41.0 Å². The smallest absolute Gasteiger partial charge is 0.408 e. The Morgan fingerprint density at radius 3 is 2.23 bits per heavy atom. The average Bonchev–Trinajstić information content (AvgIpc) is 2.82. The van der Waals surface area contributed by atoms with Gasteiger partial charge in [0.25, 0.3) is 5.91 Å². The lowest BCUT2D eigenvalue weighted by molar-refractivity contribution is -0.141. The number of hydrogen-bond donors (Lipinski definition) is 2. The lowest BCUT2D eigenvalue weighted by atomic mass is 9.94. The van der Waals surface area contributed by atoms with Gasteiger partial charge in [0, 0.05) is 6.54 Å². The lowest BCUT2D eigenvalue weighted by Crippen LogP contribution is -2.54. The Labute approximate surface area is 237 Å². The van der Waals surface area contributed by atoms with Crippen molar-refractivity contribution in [2.45, 2.75) is 79.5 Å². The summed E-state index contributed by atoms with van der Waals surface area (Å²) in [5.74, 6) is -1.07. The monoisotopic (exact) mass is 555 g/mol. The Bertz CT molecular complexity index is 1160. The highest BCUT2D eigenvalue weighted by molar-refractivity contribution is 6.34. The molecule has 212 valence electrons. The van der Waals surface area contributed by atoms with Crippen molar-refractivity contribution in [2.24, 2.45) is 5.92 Å². The van der Waals surface area contributed by atoms with Crippen molar-refractivity contribution in [1.82, 2.24) is 10.2 Å². The van der Waals surface area contributed by atoms with E-state index in [0.29, 0.717) is 22.7 Å². The van der Waals surface area contributed by atoms with E-state index in [9.17, 15) is 14.4 Å². The third-order valence-corrected chi connectivity index (χ3v) is 6.67. The lowest BCUT2D eigenvalue weighted by Gasteiger charge is -2.35. The fourth-order valence-corrected chi connectivity index (χ4v) is 4.65. The molecule has 39 heavy (non-hydrogen) atoms. The second-order valence-electron chi connectivity index (χ2n) is 11.0. The van der Waals surface area contributed by atoms with Gasteiger partial charge in [-0.1, -0.05) is 79.4 Å². The van der Waals surface area contributed by atoms with E-state index in [1.165, 1.54) is 4.90 Å². The Kier molecular flexibility index (Phi) is 11.2. The molecule has 3 unspecified atom stereocenters. The van der Waals surface area contributed by atoms with Crippen molar-refractivity contribution in [3.05, 3.63) is 76.3 Å². The summed E-state index contributed by atoms with van der Waals surface area (Å²) < 4.78 is 5.45. The maximum absolute atomic E-state index is 14.2. The maximum Gasteiger partial charge on any atom is 0.408 e. The van der Waals surface area contributed by atoms with E-state index in [4.69, 9.17) is 16.3 Å². The highest BCUT2D eigenvalue weighted by Gasteiger charge is 2.38. The van der Waals surface area contributed by atoms with Crippen molar-refractivity contribution in [1.29, 1.82) is 0 Å². The van der Waals surface area contributed by atoms with E-state index in [1.54, 1.807) is 39.0 Å². The van der Waals surface area contributed by atoms with Crippen LogP contribution in [0.25, 0.3) is 0 Å². The first kappa shape index (κ1) is 31.9. The molecule has 0 saturated carbocycles. The molecule has 0 aromatic heterocycles. The number of anilines is 1. The predicted molar refractivity (Wildman–Crippen MR) is 158 cm³/mol. The van der Waals surface area contributed by atoms with Gasteiger partial charge in [-0.15, -0.1) is 6.58 Å². The molecule has 7 nitrogen and oxygen atoms in total. The molecule has 2 N–H and O–H groups in total. The Morgan fingerprint density at radius 2 is 1.72 bits per heavy atom. The summed E-state index contributed by atoms with van der Waals surface area (Å²) in [6, 6.07) is 9.20. The van der Waals surface area contributed by atoms with E-state index in [0.717, 1.165) is 16.7 Å². The van der Waals surface area contributed by atoms with Gasteiger partial charge in [-0.3, -0.25) is 9.59 Å². The standard InChI is InChI=1S/C31H42ClN3O4/c1-10-15-35(29(37)26(21(5)11-2)34-30(38)39-31(7,8)9)27(23-17-19(3)16-20(4)18-23)28(36)33-25-22(6)13-12-14-24(25)32/h10,12-14,16-18,21,26-27H,1,11,15H2,2-9H3,(H,33,36)(H,34,38).